The van der Waals surface area contributed by atoms with E-state index in [0.717, 1.165) is 25.8 Å². The Balaban J connectivity index is 3.94. The average Bonchev–Trinajstić information content (AvgIpc) is 2.24. The van der Waals surface area contributed by atoms with Gasteiger partial charge in [-0.3, -0.25) is 0 Å². The molecule has 0 spiro atoms. The van der Waals surface area contributed by atoms with Gasteiger partial charge in [0, 0.05) is 0 Å². The highest BCUT2D eigenvalue weighted by molar-refractivity contribution is 5.85. The van der Waals surface area contributed by atoms with E-state index in [4.69, 9.17) is 10.9 Å². The van der Waals surface area contributed by atoms with Crippen molar-refractivity contribution in [1.82, 2.24) is 5.32 Å². The van der Waals surface area contributed by atoms with Crippen molar-refractivity contribution in [1.29, 1.82) is 0 Å². The van der Waals surface area contributed by atoms with E-state index in [9.17, 15) is 0 Å². The maximum atomic E-state index is 8.54. The zero-order valence-corrected chi connectivity index (χ0v) is 9.45. The third-order valence-corrected chi connectivity index (χ3v) is 2.69. The molecule has 1 atom stereocenters. The van der Waals surface area contributed by atoms with Crippen LogP contribution in [-0.2, 0) is 0 Å². The highest BCUT2D eigenvalue weighted by Crippen LogP contribution is 2.06. The van der Waals surface area contributed by atoms with Crippen LogP contribution in [0.2, 0.25) is 0 Å². The molecule has 0 heterocycles. The number of rotatable bonds is 7. The fourth-order valence-corrected chi connectivity index (χ4v) is 1.41. The first-order valence-electron chi connectivity index (χ1n) is 5.40. The Bertz CT molecular complexity index is 167. The van der Waals surface area contributed by atoms with E-state index < -0.39 is 0 Å². The summed E-state index contributed by atoms with van der Waals surface area (Å²) in [6, 6.07) is 0.000556. The normalized spacial score (nSPS) is 14.7. The lowest BCUT2D eigenvalue weighted by Gasteiger charge is -2.19. The number of amidine groups is 1. The third kappa shape index (κ3) is 4.46. The van der Waals surface area contributed by atoms with Gasteiger partial charge >= 0.3 is 0 Å². The Hall–Kier alpha value is -0.770. The van der Waals surface area contributed by atoms with Crippen molar-refractivity contribution in [3.05, 3.63) is 0 Å². The van der Waals surface area contributed by atoms with E-state index in [1.807, 2.05) is 6.92 Å². The van der Waals surface area contributed by atoms with Crippen molar-refractivity contribution >= 4 is 5.84 Å². The molecule has 0 saturated heterocycles. The van der Waals surface area contributed by atoms with Gasteiger partial charge in [0.25, 0.3) is 0 Å². The average molecular weight is 201 g/mol. The summed E-state index contributed by atoms with van der Waals surface area (Å²) < 4.78 is 0. The topological polar surface area (TPSA) is 70.6 Å². The number of hydrogen-bond donors (Lipinski definition) is 3. The molecule has 0 rings (SSSR count). The zero-order valence-electron chi connectivity index (χ0n) is 9.45. The number of oxime groups is 1. The van der Waals surface area contributed by atoms with Crippen molar-refractivity contribution < 1.29 is 5.21 Å². The maximum absolute atomic E-state index is 8.54. The van der Waals surface area contributed by atoms with Gasteiger partial charge < -0.3 is 16.3 Å². The van der Waals surface area contributed by atoms with Gasteiger partial charge in [-0.2, -0.15) is 0 Å². The molecular weight excluding hydrogens is 178 g/mol. The molecule has 0 radical (unpaired) electrons. The fraction of sp³-hybridized carbons (Fsp3) is 0.900. The zero-order chi connectivity index (χ0) is 11.0. The second-order valence-corrected chi connectivity index (χ2v) is 3.58. The number of nitrogens with two attached hydrogens (primary N) is 1. The second kappa shape index (κ2) is 7.62. The highest BCUT2D eigenvalue weighted by atomic mass is 16.4. The Morgan fingerprint density at radius 1 is 1.29 bits per heavy atom. The van der Waals surface area contributed by atoms with Crippen molar-refractivity contribution in [3.8, 4) is 0 Å². The van der Waals surface area contributed by atoms with Gasteiger partial charge in [-0.05, 0) is 18.9 Å². The van der Waals surface area contributed by atoms with E-state index in [0.29, 0.717) is 5.92 Å². The predicted octanol–water partition coefficient (Wildman–Crippen LogP) is 1.54. The maximum Gasteiger partial charge on any atom is 0.156 e. The first kappa shape index (κ1) is 13.2. The Labute approximate surface area is 86.6 Å². The summed E-state index contributed by atoms with van der Waals surface area (Å²) in [5, 5.41) is 14.9. The third-order valence-electron chi connectivity index (χ3n) is 2.69. The smallest absolute Gasteiger partial charge is 0.156 e. The largest absolute Gasteiger partial charge is 0.409 e. The molecule has 0 aliphatic rings. The van der Waals surface area contributed by atoms with Crippen molar-refractivity contribution in [2.24, 2.45) is 16.8 Å². The molecule has 4 N–H and O–H groups in total. The van der Waals surface area contributed by atoms with E-state index in [1.165, 1.54) is 0 Å². The molecule has 0 saturated carbocycles. The van der Waals surface area contributed by atoms with Crippen molar-refractivity contribution in [2.45, 2.75) is 46.1 Å². The lowest BCUT2D eigenvalue weighted by atomic mass is 10.0. The van der Waals surface area contributed by atoms with Crippen molar-refractivity contribution in [3.63, 3.8) is 0 Å². The summed E-state index contributed by atoms with van der Waals surface area (Å²) in [5.41, 5.74) is 5.53. The number of hydrogen-bond acceptors (Lipinski definition) is 3. The van der Waals surface area contributed by atoms with Crippen LogP contribution in [0.15, 0.2) is 5.16 Å². The molecule has 0 bridgehead atoms. The van der Waals surface area contributed by atoms with E-state index >= 15 is 0 Å². The molecule has 0 aliphatic heterocycles. The summed E-state index contributed by atoms with van der Waals surface area (Å²) in [7, 11) is 0. The van der Waals surface area contributed by atoms with Crippen LogP contribution in [0.3, 0.4) is 0 Å². The van der Waals surface area contributed by atoms with E-state index in [1.54, 1.807) is 0 Å². The molecular formula is C10H23N3O. The van der Waals surface area contributed by atoms with Crippen LogP contribution in [0.4, 0.5) is 0 Å². The molecule has 0 aromatic heterocycles. The minimum atomic E-state index is 0.000556. The molecule has 0 aromatic rings. The van der Waals surface area contributed by atoms with E-state index in [2.05, 4.69) is 24.3 Å². The summed E-state index contributed by atoms with van der Waals surface area (Å²) in [4.78, 5) is 0. The Morgan fingerprint density at radius 2 is 1.86 bits per heavy atom. The minimum absolute atomic E-state index is 0.000556. The standard InChI is InChI=1S/C10H23N3O/c1-4-8(5-2)7-12-9(6-3)10(11)13-14/h8-9,12,14H,4-7H2,1-3H3,(H2,11,13). The lowest BCUT2D eigenvalue weighted by Crippen LogP contribution is -2.42. The van der Waals surface area contributed by atoms with Crippen LogP contribution < -0.4 is 11.1 Å². The Morgan fingerprint density at radius 3 is 2.21 bits per heavy atom. The first-order chi connectivity index (χ1) is 6.69. The molecule has 4 nitrogen and oxygen atoms in total. The molecule has 1 unspecified atom stereocenters. The molecule has 0 fully saturated rings. The van der Waals surface area contributed by atoms with Crippen LogP contribution in [0, 0.1) is 5.92 Å². The lowest BCUT2D eigenvalue weighted by molar-refractivity contribution is 0.313. The number of nitrogens with one attached hydrogen (secondary N) is 1. The van der Waals surface area contributed by atoms with Crippen LogP contribution in [-0.4, -0.2) is 23.6 Å². The van der Waals surface area contributed by atoms with Gasteiger partial charge in [-0.25, -0.2) is 0 Å². The minimum Gasteiger partial charge on any atom is -0.409 e. The molecule has 4 heteroatoms. The molecule has 14 heavy (non-hydrogen) atoms. The first-order valence-corrected chi connectivity index (χ1v) is 5.40. The molecule has 0 amide bonds. The van der Waals surface area contributed by atoms with Gasteiger partial charge in [0.05, 0.1) is 6.04 Å². The van der Waals surface area contributed by atoms with Crippen LogP contribution >= 0.6 is 0 Å². The number of nitrogens with zero attached hydrogens (tertiary/aromatic N) is 1. The Kier molecular flexibility index (Phi) is 7.20. The summed E-state index contributed by atoms with van der Waals surface area (Å²) in [6.45, 7) is 7.31. The second-order valence-electron chi connectivity index (χ2n) is 3.58. The fourth-order valence-electron chi connectivity index (χ4n) is 1.41. The van der Waals surface area contributed by atoms with Gasteiger partial charge in [0.15, 0.2) is 5.84 Å². The summed E-state index contributed by atoms with van der Waals surface area (Å²) >= 11 is 0. The van der Waals surface area contributed by atoms with Gasteiger partial charge in [-0.1, -0.05) is 38.8 Å². The van der Waals surface area contributed by atoms with Gasteiger partial charge in [0.2, 0.25) is 0 Å². The van der Waals surface area contributed by atoms with E-state index in [-0.39, 0.29) is 11.9 Å². The highest BCUT2D eigenvalue weighted by Gasteiger charge is 2.12. The van der Waals surface area contributed by atoms with Crippen LogP contribution in [0.25, 0.3) is 0 Å². The monoisotopic (exact) mass is 201 g/mol. The molecule has 0 aromatic carbocycles. The SMILES string of the molecule is CCC(CC)CNC(CC)C(N)=NO. The van der Waals surface area contributed by atoms with Gasteiger partial charge in [-0.15, -0.1) is 0 Å². The van der Waals surface area contributed by atoms with Crippen LogP contribution in [0.5, 0.6) is 0 Å². The predicted molar refractivity (Wildman–Crippen MR) is 59.6 cm³/mol. The molecule has 0 aliphatic carbocycles. The van der Waals surface area contributed by atoms with Crippen LogP contribution in [0.1, 0.15) is 40.0 Å². The summed E-state index contributed by atoms with van der Waals surface area (Å²) in [5.74, 6) is 0.953. The quantitative estimate of drug-likeness (QED) is 0.253. The summed E-state index contributed by atoms with van der Waals surface area (Å²) in [6.07, 6.45) is 3.17. The molecule has 84 valence electrons. The van der Waals surface area contributed by atoms with Gasteiger partial charge in [0.1, 0.15) is 0 Å². The van der Waals surface area contributed by atoms with Crippen molar-refractivity contribution in [2.75, 3.05) is 6.54 Å².